The van der Waals surface area contributed by atoms with Gasteiger partial charge in [0.2, 0.25) is 11.9 Å². The summed E-state index contributed by atoms with van der Waals surface area (Å²) in [6.45, 7) is 4.47. The van der Waals surface area contributed by atoms with E-state index in [1.165, 1.54) is 19.2 Å². The van der Waals surface area contributed by atoms with E-state index in [0.717, 1.165) is 51.4 Å². The van der Waals surface area contributed by atoms with E-state index in [1.54, 1.807) is 18.1 Å². The summed E-state index contributed by atoms with van der Waals surface area (Å²) in [6.07, 6.45) is 9.72. The van der Waals surface area contributed by atoms with Crippen LogP contribution in [0.15, 0.2) is 18.3 Å². The van der Waals surface area contributed by atoms with E-state index in [-0.39, 0.29) is 29.5 Å². The summed E-state index contributed by atoms with van der Waals surface area (Å²) in [5.41, 5.74) is 0.293. The Morgan fingerprint density at radius 2 is 1.81 bits per heavy atom. The molecule has 0 spiro atoms. The third kappa shape index (κ3) is 6.02. The molecule has 2 saturated carbocycles. The molecule has 2 fully saturated rings. The average molecular weight is 582 g/mol. The predicted octanol–water partition coefficient (Wildman–Crippen LogP) is 4.72. The summed E-state index contributed by atoms with van der Waals surface area (Å²) in [7, 11) is 7.38. The summed E-state index contributed by atoms with van der Waals surface area (Å²) in [4.78, 5) is 41.8. The average Bonchev–Trinajstić information content (AvgIpc) is 3.48. The first-order valence-corrected chi connectivity index (χ1v) is 15.0. The zero-order valence-corrected chi connectivity index (χ0v) is 25.7. The molecule has 42 heavy (non-hydrogen) atoms. The van der Waals surface area contributed by atoms with E-state index in [9.17, 15) is 9.59 Å². The number of ether oxygens (including phenoxy) is 1. The van der Waals surface area contributed by atoms with Crippen LogP contribution < -0.4 is 25.2 Å². The van der Waals surface area contributed by atoms with E-state index >= 15 is 4.39 Å². The third-order valence-corrected chi connectivity index (χ3v) is 9.14. The lowest BCUT2D eigenvalue weighted by molar-refractivity contribution is -0.125. The Bertz CT molecular complexity index is 1320. The van der Waals surface area contributed by atoms with Gasteiger partial charge in [0.1, 0.15) is 17.3 Å². The van der Waals surface area contributed by atoms with Crippen molar-refractivity contribution in [2.75, 3.05) is 49.9 Å². The molecule has 1 aromatic heterocycles. The monoisotopic (exact) mass is 581 g/mol. The number of amides is 2. The minimum Gasteiger partial charge on any atom is -0.495 e. The van der Waals surface area contributed by atoms with Gasteiger partial charge in [-0.15, -0.1) is 0 Å². The number of methoxy groups -OCH3 is 1. The van der Waals surface area contributed by atoms with Gasteiger partial charge < -0.3 is 30.1 Å². The number of anilines is 4. The Balaban J connectivity index is 1.38. The van der Waals surface area contributed by atoms with Crippen molar-refractivity contribution in [3.05, 3.63) is 29.7 Å². The third-order valence-electron chi connectivity index (χ3n) is 9.14. The number of fused-ring (bicyclic) bond motifs is 1. The Kier molecular flexibility index (Phi) is 8.59. The smallest absolute Gasteiger partial charge is 0.254 e. The van der Waals surface area contributed by atoms with Gasteiger partial charge in [-0.2, -0.15) is 4.98 Å². The second-order valence-corrected chi connectivity index (χ2v) is 12.8. The lowest BCUT2D eigenvalue weighted by atomic mass is 9.90. The van der Waals surface area contributed by atoms with E-state index in [1.807, 2.05) is 13.8 Å². The maximum absolute atomic E-state index is 15.4. The molecule has 228 valence electrons. The van der Waals surface area contributed by atoms with Crippen molar-refractivity contribution >= 4 is 35.0 Å². The second kappa shape index (κ2) is 12.0. The van der Waals surface area contributed by atoms with Crippen LogP contribution in [-0.4, -0.2) is 79.6 Å². The Morgan fingerprint density at radius 3 is 2.45 bits per heavy atom. The highest BCUT2D eigenvalue weighted by atomic mass is 19.1. The summed E-state index contributed by atoms with van der Waals surface area (Å²) in [5.74, 6) is 0.140. The van der Waals surface area contributed by atoms with Gasteiger partial charge >= 0.3 is 0 Å². The first-order chi connectivity index (χ1) is 20.0. The van der Waals surface area contributed by atoms with Crippen LogP contribution >= 0.6 is 0 Å². The topological polar surface area (TPSA) is 103 Å². The maximum atomic E-state index is 15.4. The molecule has 1 aromatic carbocycles. The van der Waals surface area contributed by atoms with Crippen LogP contribution in [0.25, 0.3) is 0 Å². The van der Waals surface area contributed by atoms with Crippen molar-refractivity contribution in [3.8, 4) is 5.75 Å². The van der Waals surface area contributed by atoms with Crippen LogP contribution in [0.4, 0.5) is 27.5 Å². The highest BCUT2D eigenvalue weighted by molar-refractivity contribution is 6.01. The van der Waals surface area contributed by atoms with Crippen LogP contribution in [0, 0.1) is 11.2 Å². The fourth-order valence-corrected chi connectivity index (χ4v) is 6.64. The van der Waals surface area contributed by atoms with Crippen molar-refractivity contribution in [2.45, 2.75) is 83.3 Å². The molecule has 2 aliphatic carbocycles. The molecule has 11 heteroatoms. The number of carbonyl (C=O) groups is 2. The van der Waals surface area contributed by atoms with Gasteiger partial charge in [-0.05, 0) is 72.5 Å². The summed E-state index contributed by atoms with van der Waals surface area (Å²) in [5, 5.41) is 6.11. The number of hydrogen-bond acceptors (Lipinski definition) is 8. The van der Waals surface area contributed by atoms with Crippen LogP contribution in [0.5, 0.6) is 5.75 Å². The molecule has 0 saturated heterocycles. The van der Waals surface area contributed by atoms with E-state index in [4.69, 9.17) is 9.72 Å². The molecule has 2 aromatic rings. The minimum atomic E-state index is -0.660. The fourth-order valence-electron chi connectivity index (χ4n) is 6.64. The van der Waals surface area contributed by atoms with Gasteiger partial charge in [0.25, 0.3) is 5.91 Å². The molecule has 10 nitrogen and oxygen atoms in total. The van der Waals surface area contributed by atoms with Gasteiger partial charge in [-0.25, -0.2) is 9.37 Å². The number of nitrogens with one attached hydrogen (secondary N) is 2. The molecule has 0 radical (unpaired) electrons. The number of hydrogen-bond donors (Lipinski definition) is 2. The van der Waals surface area contributed by atoms with Crippen LogP contribution in [0.3, 0.4) is 0 Å². The SMILES string of the molecule is COc1cc(C(=O)NC2CCC(N(C)C)CC2)c(F)cc1Nc1ncc2c(n1)N(C1CCCC1)CC(C)(C)C(=O)N2C. The van der Waals surface area contributed by atoms with Gasteiger partial charge in [0.15, 0.2) is 5.82 Å². The molecule has 5 rings (SSSR count). The standard InChI is InChI=1S/C31H44FN7O3/c1-31(2)18-39(21-9-7-8-10-21)27-25(38(5)29(31)41)17-33-30(36-27)35-24-16-23(32)22(15-26(24)42-6)28(40)34-19-11-13-20(14-12-19)37(3)4/h15-17,19-21H,7-14,18H2,1-6H3,(H,34,40)(H,33,35,36). The van der Waals surface area contributed by atoms with Crippen molar-refractivity contribution in [2.24, 2.45) is 5.41 Å². The molecular weight excluding hydrogens is 537 g/mol. The van der Waals surface area contributed by atoms with Crippen molar-refractivity contribution in [1.29, 1.82) is 0 Å². The number of halogens is 1. The molecule has 3 aliphatic rings. The van der Waals surface area contributed by atoms with Crippen LogP contribution in [0.1, 0.15) is 75.6 Å². The van der Waals surface area contributed by atoms with Gasteiger partial charge in [0, 0.05) is 37.8 Å². The highest BCUT2D eigenvalue weighted by Gasteiger charge is 2.41. The van der Waals surface area contributed by atoms with E-state index in [2.05, 4.69) is 39.5 Å². The molecule has 0 bridgehead atoms. The van der Waals surface area contributed by atoms with Crippen LogP contribution in [-0.2, 0) is 4.79 Å². The quantitative estimate of drug-likeness (QED) is 0.484. The lowest BCUT2D eigenvalue weighted by Crippen LogP contribution is -2.45. The van der Waals surface area contributed by atoms with E-state index < -0.39 is 17.1 Å². The van der Waals surface area contributed by atoms with Gasteiger partial charge in [-0.3, -0.25) is 9.59 Å². The largest absolute Gasteiger partial charge is 0.495 e. The molecule has 0 unspecified atom stereocenters. The summed E-state index contributed by atoms with van der Waals surface area (Å²) >= 11 is 0. The zero-order valence-electron chi connectivity index (χ0n) is 25.7. The predicted molar refractivity (Wildman–Crippen MR) is 162 cm³/mol. The molecule has 2 N–H and O–H groups in total. The van der Waals surface area contributed by atoms with E-state index in [0.29, 0.717) is 35.5 Å². The molecule has 0 atom stereocenters. The first-order valence-electron chi connectivity index (χ1n) is 15.0. The Hall–Kier alpha value is -3.47. The minimum absolute atomic E-state index is 0.0110. The molecule has 1 aliphatic heterocycles. The number of rotatable bonds is 7. The maximum Gasteiger partial charge on any atom is 0.254 e. The number of carbonyl (C=O) groups excluding carboxylic acids is 2. The zero-order chi connectivity index (χ0) is 30.2. The summed E-state index contributed by atoms with van der Waals surface area (Å²) in [6, 6.07) is 3.48. The Labute approximate surface area is 248 Å². The lowest BCUT2D eigenvalue weighted by Gasteiger charge is -2.34. The highest BCUT2D eigenvalue weighted by Crippen LogP contribution is 2.41. The van der Waals surface area contributed by atoms with Gasteiger partial charge in [0.05, 0.1) is 30.0 Å². The molecule has 2 heterocycles. The molecular formula is C31H44FN7O3. The summed E-state index contributed by atoms with van der Waals surface area (Å²) < 4.78 is 20.9. The fraction of sp³-hybridized carbons (Fsp3) is 0.613. The number of benzene rings is 1. The number of nitrogens with zero attached hydrogens (tertiary/aromatic N) is 5. The second-order valence-electron chi connectivity index (χ2n) is 12.8. The molecule has 2 amide bonds. The normalized spacial score (nSPS) is 22.6. The van der Waals surface area contributed by atoms with Crippen molar-refractivity contribution in [3.63, 3.8) is 0 Å². The van der Waals surface area contributed by atoms with Crippen molar-refractivity contribution in [1.82, 2.24) is 20.2 Å². The van der Waals surface area contributed by atoms with Crippen molar-refractivity contribution < 1.29 is 18.7 Å². The van der Waals surface area contributed by atoms with Crippen LogP contribution in [0.2, 0.25) is 0 Å². The van der Waals surface area contributed by atoms with Gasteiger partial charge in [-0.1, -0.05) is 12.8 Å². The Morgan fingerprint density at radius 1 is 1.12 bits per heavy atom. The first kappa shape index (κ1) is 30.0. The number of aromatic nitrogens is 2.